The number of aliphatic hydroxyl groups excluding tert-OH is 1. The number of nitrogens with zero attached hydrogens (tertiary/aromatic N) is 3. The number of carbonyl (C=O) groups is 2. The summed E-state index contributed by atoms with van der Waals surface area (Å²) in [4.78, 5) is 40.3. The molecular formula is C24H25N3O7. The largest absolute Gasteiger partial charge is 0.507 e. The van der Waals surface area contributed by atoms with Crippen molar-refractivity contribution in [2.24, 2.45) is 0 Å². The quantitative estimate of drug-likeness (QED) is 0.217. The van der Waals surface area contributed by atoms with Gasteiger partial charge < -0.3 is 19.5 Å². The molecule has 34 heavy (non-hydrogen) atoms. The number of nitro groups is 1. The second-order valence-electron chi connectivity index (χ2n) is 8.02. The number of likely N-dealkylation sites (tertiary alicyclic amines) is 1. The number of nitro benzene ring substituents is 1. The van der Waals surface area contributed by atoms with Gasteiger partial charge >= 0.3 is 0 Å². The maximum absolute atomic E-state index is 13.1. The van der Waals surface area contributed by atoms with Crippen LogP contribution in [0, 0.1) is 10.1 Å². The van der Waals surface area contributed by atoms with Crippen molar-refractivity contribution in [2.45, 2.75) is 6.04 Å². The highest BCUT2D eigenvalue weighted by Gasteiger charge is 2.46. The monoisotopic (exact) mass is 467 g/mol. The summed E-state index contributed by atoms with van der Waals surface area (Å²) in [5, 5.41) is 22.2. The molecule has 0 spiro atoms. The first-order valence-corrected chi connectivity index (χ1v) is 10.9. The van der Waals surface area contributed by atoms with Crippen molar-refractivity contribution in [3.8, 4) is 5.75 Å². The molecule has 2 saturated heterocycles. The molecule has 10 nitrogen and oxygen atoms in total. The lowest BCUT2D eigenvalue weighted by Gasteiger charge is -2.31. The van der Waals surface area contributed by atoms with Gasteiger partial charge in [-0.15, -0.1) is 0 Å². The minimum Gasteiger partial charge on any atom is -0.507 e. The van der Waals surface area contributed by atoms with E-state index in [1.54, 1.807) is 24.3 Å². The molecule has 0 radical (unpaired) electrons. The molecule has 1 N–H and O–H groups in total. The fourth-order valence-corrected chi connectivity index (χ4v) is 4.21. The van der Waals surface area contributed by atoms with Gasteiger partial charge in [0.05, 0.1) is 36.9 Å². The Morgan fingerprint density at radius 3 is 2.32 bits per heavy atom. The van der Waals surface area contributed by atoms with Crippen LogP contribution >= 0.6 is 0 Å². The Balaban J connectivity index is 1.73. The normalized spacial score (nSPS) is 20.5. The molecule has 2 aliphatic rings. The van der Waals surface area contributed by atoms with E-state index in [9.17, 15) is 24.8 Å². The van der Waals surface area contributed by atoms with Gasteiger partial charge in [-0.05, 0) is 42.0 Å². The van der Waals surface area contributed by atoms with Gasteiger partial charge in [-0.1, -0.05) is 0 Å². The van der Waals surface area contributed by atoms with E-state index >= 15 is 0 Å². The van der Waals surface area contributed by atoms with Gasteiger partial charge in [0.2, 0.25) is 0 Å². The number of hydrogen-bond donors (Lipinski definition) is 1. The average Bonchev–Trinajstić information content (AvgIpc) is 3.12. The molecule has 10 heteroatoms. The molecule has 1 unspecified atom stereocenters. The summed E-state index contributed by atoms with van der Waals surface area (Å²) in [7, 11) is 1.52. The molecular weight excluding hydrogens is 442 g/mol. The van der Waals surface area contributed by atoms with E-state index in [1.807, 2.05) is 0 Å². The molecule has 0 aromatic heterocycles. The first kappa shape index (κ1) is 23.4. The van der Waals surface area contributed by atoms with Crippen LogP contribution < -0.4 is 4.74 Å². The molecule has 2 aromatic rings. The molecule has 0 aliphatic carbocycles. The van der Waals surface area contributed by atoms with Crippen LogP contribution in [0.2, 0.25) is 0 Å². The Morgan fingerprint density at radius 2 is 1.74 bits per heavy atom. The van der Waals surface area contributed by atoms with E-state index in [4.69, 9.17) is 9.47 Å². The summed E-state index contributed by atoms with van der Waals surface area (Å²) in [6.45, 7) is 3.42. The zero-order valence-electron chi connectivity index (χ0n) is 18.7. The summed E-state index contributed by atoms with van der Waals surface area (Å²) in [5.41, 5.74) is 0.705. The van der Waals surface area contributed by atoms with Crippen molar-refractivity contribution >= 4 is 23.1 Å². The number of rotatable bonds is 7. The van der Waals surface area contributed by atoms with Crippen LogP contribution in [-0.2, 0) is 14.3 Å². The van der Waals surface area contributed by atoms with Crippen molar-refractivity contribution in [1.29, 1.82) is 0 Å². The van der Waals surface area contributed by atoms with E-state index in [2.05, 4.69) is 4.90 Å². The molecule has 0 bridgehead atoms. The second-order valence-corrected chi connectivity index (χ2v) is 8.02. The van der Waals surface area contributed by atoms with Gasteiger partial charge in [0.1, 0.15) is 11.5 Å². The maximum Gasteiger partial charge on any atom is 0.295 e. The van der Waals surface area contributed by atoms with Gasteiger partial charge in [0.15, 0.2) is 0 Å². The number of amides is 1. The number of ether oxygens (including phenoxy) is 2. The number of ketones is 1. The van der Waals surface area contributed by atoms with Crippen LogP contribution in [0.25, 0.3) is 5.76 Å². The van der Waals surface area contributed by atoms with E-state index in [-0.39, 0.29) is 23.6 Å². The zero-order valence-corrected chi connectivity index (χ0v) is 18.7. The number of aliphatic hydroxyl groups is 1. The SMILES string of the molecule is COc1ccc(/C(O)=C2/C(=O)C(=O)N(CCN3CCOCC3)C2c2ccc([N+](=O)[O-])cc2)cc1. The molecule has 4 rings (SSSR count). The number of non-ortho nitro benzene ring substituents is 1. The number of Topliss-reactive ketones (excluding diaryl/α,β-unsaturated/α-hetero) is 1. The molecule has 0 saturated carbocycles. The van der Waals surface area contributed by atoms with E-state index < -0.39 is 22.7 Å². The van der Waals surface area contributed by atoms with Gasteiger partial charge in [0, 0.05) is 43.9 Å². The Labute approximate surface area is 196 Å². The smallest absolute Gasteiger partial charge is 0.295 e. The third kappa shape index (κ3) is 4.63. The summed E-state index contributed by atoms with van der Waals surface area (Å²) in [6, 6.07) is 11.3. The van der Waals surface area contributed by atoms with Crippen molar-refractivity contribution in [2.75, 3.05) is 46.5 Å². The molecule has 178 valence electrons. The number of hydrogen-bond acceptors (Lipinski definition) is 8. The molecule has 2 aromatic carbocycles. The topological polar surface area (TPSA) is 122 Å². The van der Waals surface area contributed by atoms with Crippen LogP contribution in [0.3, 0.4) is 0 Å². The maximum atomic E-state index is 13.1. The molecule has 2 fully saturated rings. The molecule has 1 atom stereocenters. The predicted molar refractivity (Wildman–Crippen MR) is 122 cm³/mol. The molecule has 2 heterocycles. The lowest BCUT2D eigenvalue weighted by molar-refractivity contribution is -0.384. The number of methoxy groups -OCH3 is 1. The predicted octanol–water partition coefficient (Wildman–Crippen LogP) is 2.36. The number of benzene rings is 2. The fourth-order valence-electron chi connectivity index (χ4n) is 4.21. The minimum atomic E-state index is -0.871. The van der Waals surface area contributed by atoms with Gasteiger partial charge in [-0.2, -0.15) is 0 Å². The van der Waals surface area contributed by atoms with Crippen LogP contribution in [0.4, 0.5) is 5.69 Å². The second kappa shape index (κ2) is 10.0. The van der Waals surface area contributed by atoms with Crippen molar-refractivity contribution < 1.29 is 29.1 Å². The summed E-state index contributed by atoms with van der Waals surface area (Å²) in [6.07, 6.45) is 0. The number of morpholine rings is 1. The Kier molecular flexibility index (Phi) is 6.90. The summed E-state index contributed by atoms with van der Waals surface area (Å²) in [5.74, 6) is -1.24. The number of carbonyl (C=O) groups excluding carboxylic acids is 2. The van der Waals surface area contributed by atoms with Gasteiger partial charge in [-0.25, -0.2) is 0 Å². The highest BCUT2D eigenvalue weighted by atomic mass is 16.6. The van der Waals surface area contributed by atoms with E-state index in [0.717, 1.165) is 13.1 Å². The first-order chi connectivity index (χ1) is 16.4. The summed E-state index contributed by atoms with van der Waals surface area (Å²) >= 11 is 0. The minimum absolute atomic E-state index is 0.0500. The van der Waals surface area contributed by atoms with Crippen LogP contribution in [0.15, 0.2) is 54.1 Å². The highest BCUT2D eigenvalue weighted by molar-refractivity contribution is 6.46. The Bertz CT molecular complexity index is 1110. The van der Waals surface area contributed by atoms with Crippen LogP contribution in [0.1, 0.15) is 17.2 Å². The Morgan fingerprint density at radius 1 is 1.09 bits per heavy atom. The zero-order chi connectivity index (χ0) is 24.2. The summed E-state index contributed by atoms with van der Waals surface area (Å²) < 4.78 is 10.5. The Hall–Kier alpha value is -3.76. The van der Waals surface area contributed by atoms with Gasteiger partial charge in [-0.3, -0.25) is 24.6 Å². The van der Waals surface area contributed by atoms with E-state index in [0.29, 0.717) is 36.6 Å². The fraction of sp³-hybridized carbons (Fsp3) is 0.333. The first-order valence-electron chi connectivity index (χ1n) is 10.9. The highest BCUT2D eigenvalue weighted by Crippen LogP contribution is 2.39. The standard InChI is InChI=1S/C24H25N3O7/c1-33-19-8-4-17(5-9-19)22(28)20-21(16-2-6-18(7-3-16)27(31)32)26(24(30)23(20)29)11-10-25-12-14-34-15-13-25/h2-9,21,28H,10-15H2,1H3/b22-20-. The van der Waals surface area contributed by atoms with Crippen molar-refractivity contribution in [3.05, 3.63) is 75.3 Å². The van der Waals surface area contributed by atoms with Crippen molar-refractivity contribution in [3.63, 3.8) is 0 Å². The lowest BCUT2D eigenvalue weighted by atomic mass is 9.95. The average molecular weight is 467 g/mol. The molecule has 1 amide bonds. The van der Waals surface area contributed by atoms with Crippen molar-refractivity contribution in [1.82, 2.24) is 9.80 Å². The third-order valence-electron chi connectivity index (χ3n) is 6.08. The third-order valence-corrected chi connectivity index (χ3v) is 6.08. The molecule has 2 aliphatic heterocycles. The van der Waals surface area contributed by atoms with E-state index in [1.165, 1.54) is 36.3 Å². The van der Waals surface area contributed by atoms with Crippen LogP contribution in [0.5, 0.6) is 5.75 Å². The lowest BCUT2D eigenvalue weighted by Crippen LogP contribution is -2.42. The van der Waals surface area contributed by atoms with Gasteiger partial charge in [0.25, 0.3) is 17.4 Å². The van der Waals surface area contributed by atoms with Crippen LogP contribution in [-0.4, -0.2) is 78.0 Å².